The lowest BCUT2D eigenvalue weighted by atomic mass is 9.54. The predicted octanol–water partition coefficient (Wildman–Crippen LogP) is 5.93. The van der Waals surface area contributed by atoms with Crippen molar-refractivity contribution in [2.24, 2.45) is 16.7 Å². The van der Waals surface area contributed by atoms with Crippen LogP contribution < -0.4 is 0 Å². The second-order valence-electron chi connectivity index (χ2n) is 11.3. The first kappa shape index (κ1) is 30.3. The topological polar surface area (TPSA) is 105 Å². The summed E-state index contributed by atoms with van der Waals surface area (Å²) in [4.78, 5) is 50.5. The third-order valence-electron chi connectivity index (χ3n) is 8.86. The molecule has 0 amide bonds. The third-order valence-corrected chi connectivity index (χ3v) is 8.86. The fourth-order valence-electron chi connectivity index (χ4n) is 6.32. The van der Waals surface area contributed by atoms with Crippen molar-refractivity contribution in [3.63, 3.8) is 0 Å². The first-order valence-corrected chi connectivity index (χ1v) is 14.6. The third kappa shape index (κ3) is 7.54. The molecule has 2 fully saturated rings. The lowest BCUT2D eigenvalue weighted by molar-refractivity contribution is -0.170. The Balaban J connectivity index is 1.24. The predicted molar refractivity (Wildman–Crippen MR) is 151 cm³/mol. The molecule has 1 unspecified atom stereocenters. The van der Waals surface area contributed by atoms with Crippen molar-refractivity contribution in [2.45, 2.75) is 64.7 Å². The highest BCUT2D eigenvalue weighted by molar-refractivity contribution is 5.89. The molecule has 0 heterocycles. The normalized spacial score (nSPS) is 24.1. The van der Waals surface area contributed by atoms with Crippen LogP contribution in [-0.4, -0.2) is 50.3 Å². The average molecular weight is 565 g/mol. The van der Waals surface area contributed by atoms with Gasteiger partial charge in [-0.3, -0.25) is 9.59 Å². The molecule has 1 spiro atoms. The number of hydrogen-bond donors (Lipinski definition) is 0. The van der Waals surface area contributed by atoms with Crippen LogP contribution in [-0.2, 0) is 28.5 Å². The van der Waals surface area contributed by atoms with Gasteiger partial charge < -0.3 is 18.9 Å². The van der Waals surface area contributed by atoms with Crippen LogP contribution in [0, 0.1) is 16.7 Å². The lowest BCUT2D eigenvalue weighted by Gasteiger charge is -2.49. The van der Waals surface area contributed by atoms with Crippen LogP contribution in [0.25, 0.3) is 0 Å². The summed E-state index contributed by atoms with van der Waals surface area (Å²) in [5, 5.41) is 0. The standard InChI is InChI=1S/C33H40O8/c1-32(31(37)41-24-23-40-29(35)26-13-7-3-8-14-26)17-9-4-10-18-33(32)19-15-27(16-20-33)30(36)39-22-21-38-28(34)25-11-5-2-6-12-25/h2-3,5-8,11-14,27H,4,9-10,15-24H2,1H3. The van der Waals surface area contributed by atoms with Gasteiger partial charge in [0.05, 0.1) is 22.5 Å². The molecular formula is C33H40O8. The van der Waals surface area contributed by atoms with E-state index < -0.39 is 17.4 Å². The second-order valence-corrected chi connectivity index (χ2v) is 11.3. The fourth-order valence-corrected chi connectivity index (χ4v) is 6.32. The Bertz CT molecular complexity index is 1170. The van der Waals surface area contributed by atoms with Crippen molar-refractivity contribution < 1.29 is 38.1 Å². The van der Waals surface area contributed by atoms with E-state index in [4.69, 9.17) is 18.9 Å². The number of rotatable bonds is 10. The van der Waals surface area contributed by atoms with Gasteiger partial charge in [-0.05, 0) is 75.1 Å². The van der Waals surface area contributed by atoms with E-state index in [1.807, 2.05) is 19.1 Å². The van der Waals surface area contributed by atoms with Crippen LogP contribution in [0.3, 0.4) is 0 Å². The van der Waals surface area contributed by atoms with Gasteiger partial charge in [0.1, 0.15) is 26.4 Å². The van der Waals surface area contributed by atoms with Gasteiger partial charge in [-0.15, -0.1) is 0 Å². The maximum atomic E-state index is 13.5. The van der Waals surface area contributed by atoms with Gasteiger partial charge in [0.15, 0.2) is 0 Å². The van der Waals surface area contributed by atoms with E-state index in [0.29, 0.717) is 24.0 Å². The first-order chi connectivity index (χ1) is 19.8. The molecule has 0 aromatic heterocycles. The van der Waals surface area contributed by atoms with Crippen LogP contribution in [0.15, 0.2) is 60.7 Å². The maximum Gasteiger partial charge on any atom is 0.338 e. The monoisotopic (exact) mass is 564 g/mol. The van der Waals surface area contributed by atoms with Crippen molar-refractivity contribution in [3.05, 3.63) is 71.8 Å². The number of carbonyl (C=O) groups excluding carboxylic acids is 4. The van der Waals surface area contributed by atoms with E-state index in [1.54, 1.807) is 48.5 Å². The molecule has 2 saturated carbocycles. The molecule has 8 heteroatoms. The lowest BCUT2D eigenvalue weighted by Crippen LogP contribution is -2.49. The highest BCUT2D eigenvalue weighted by Gasteiger charge is 2.55. The molecule has 0 saturated heterocycles. The molecule has 2 aromatic carbocycles. The van der Waals surface area contributed by atoms with Crippen molar-refractivity contribution >= 4 is 23.9 Å². The maximum absolute atomic E-state index is 13.5. The number of hydrogen-bond acceptors (Lipinski definition) is 8. The van der Waals surface area contributed by atoms with Gasteiger partial charge in [0.2, 0.25) is 0 Å². The second kappa shape index (κ2) is 14.3. The molecule has 2 aliphatic carbocycles. The van der Waals surface area contributed by atoms with Gasteiger partial charge in [0.25, 0.3) is 0 Å². The Morgan fingerprint density at radius 1 is 0.634 bits per heavy atom. The number of esters is 4. The molecule has 0 aliphatic heterocycles. The van der Waals surface area contributed by atoms with Crippen LogP contribution in [0.1, 0.15) is 85.4 Å². The zero-order valence-electron chi connectivity index (χ0n) is 23.8. The first-order valence-electron chi connectivity index (χ1n) is 14.6. The van der Waals surface area contributed by atoms with Crippen molar-refractivity contribution in [1.29, 1.82) is 0 Å². The Hall–Kier alpha value is -3.68. The van der Waals surface area contributed by atoms with Gasteiger partial charge in [-0.1, -0.05) is 55.7 Å². The van der Waals surface area contributed by atoms with Crippen LogP contribution in [0.2, 0.25) is 0 Å². The van der Waals surface area contributed by atoms with Crippen LogP contribution >= 0.6 is 0 Å². The van der Waals surface area contributed by atoms with E-state index >= 15 is 0 Å². The summed E-state index contributed by atoms with van der Waals surface area (Å²) in [5.74, 6) is -1.68. The molecule has 2 aliphatic rings. The van der Waals surface area contributed by atoms with Crippen molar-refractivity contribution in [1.82, 2.24) is 0 Å². The SMILES string of the molecule is CC1(C(=O)OCCOC(=O)c2ccccc2)CCCCCC12CCC(C(=O)OCCOC(=O)c1ccccc1)CC2. The molecule has 0 bridgehead atoms. The smallest absolute Gasteiger partial charge is 0.338 e. The van der Waals surface area contributed by atoms with E-state index in [9.17, 15) is 19.2 Å². The highest BCUT2D eigenvalue weighted by Crippen LogP contribution is 2.58. The number of benzene rings is 2. The van der Waals surface area contributed by atoms with Crippen molar-refractivity contribution in [3.8, 4) is 0 Å². The Morgan fingerprint density at radius 3 is 1.68 bits per heavy atom. The van der Waals surface area contributed by atoms with Gasteiger partial charge in [0, 0.05) is 0 Å². The van der Waals surface area contributed by atoms with E-state index in [0.717, 1.165) is 44.9 Å². The van der Waals surface area contributed by atoms with Crippen LogP contribution in [0.4, 0.5) is 0 Å². The zero-order valence-corrected chi connectivity index (χ0v) is 23.8. The number of carbonyl (C=O) groups is 4. The highest BCUT2D eigenvalue weighted by atomic mass is 16.6. The molecule has 220 valence electrons. The van der Waals surface area contributed by atoms with E-state index in [2.05, 4.69) is 0 Å². The Kier molecular flexibility index (Phi) is 10.6. The largest absolute Gasteiger partial charge is 0.462 e. The molecule has 41 heavy (non-hydrogen) atoms. The molecular weight excluding hydrogens is 524 g/mol. The minimum absolute atomic E-state index is 0.000691. The summed E-state index contributed by atoms with van der Waals surface area (Å²) in [6.45, 7) is 2.03. The molecule has 2 aromatic rings. The summed E-state index contributed by atoms with van der Waals surface area (Å²) in [6.07, 6.45) is 7.46. The van der Waals surface area contributed by atoms with E-state index in [1.165, 1.54) is 0 Å². The summed E-state index contributed by atoms with van der Waals surface area (Å²) < 4.78 is 21.6. The molecule has 8 nitrogen and oxygen atoms in total. The summed E-state index contributed by atoms with van der Waals surface area (Å²) in [5.41, 5.74) is -0.0110. The van der Waals surface area contributed by atoms with Crippen LogP contribution in [0.5, 0.6) is 0 Å². The number of ether oxygens (including phenoxy) is 4. The zero-order chi connectivity index (χ0) is 29.1. The van der Waals surface area contributed by atoms with Gasteiger partial charge in [-0.25, -0.2) is 9.59 Å². The molecule has 4 rings (SSSR count). The molecule has 1 atom stereocenters. The Morgan fingerprint density at radius 2 is 1.12 bits per heavy atom. The van der Waals surface area contributed by atoms with E-state index in [-0.39, 0.29) is 49.7 Å². The summed E-state index contributed by atoms with van der Waals surface area (Å²) in [7, 11) is 0. The molecule has 0 N–H and O–H groups in total. The minimum atomic E-state index is -0.673. The van der Waals surface area contributed by atoms with Gasteiger partial charge in [-0.2, -0.15) is 0 Å². The minimum Gasteiger partial charge on any atom is -0.462 e. The quantitative estimate of drug-likeness (QED) is 0.199. The summed E-state index contributed by atoms with van der Waals surface area (Å²) in [6, 6.07) is 17.4. The molecule has 0 radical (unpaired) electrons. The average Bonchev–Trinajstić information content (AvgIpc) is 3.17. The fraction of sp³-hybridized carbons (Fsp3) is 0.515. The van der Waals surface area contributed by atoms with Gasteiger partial charge >= 0.3 is 23.9 Å². The Labute approximate surface area is 241 Å². The van der Waals surface area contributed by atoms with Crippen molar-refractivity contribution in [2.75, 3.05) is 26.4 Å². The summed E-state index contributed by atoms with van der Waals surface area (Å²) >= 11 is 0.